The average molecular weight is 598 g/mol. The molecule has 0 atom stereocenters. The third-order valence-corrected chi connectivity index (χ3v) is 6.11. The van der Waals surface area contributed by atoms with Crippen LogP contribution in [-0.4, -0.2) is 7.12 Å². The highest BCUT2D eigenvalue weighted by atomic mass is 19.2. The number of halogens is 11. The van der Waals surface area contributed by atoms with Crippen LogP contribution in [0.5, 0.6) is 11.5 Å². The van der Waals surface area contributed by atoms with Gasteiger partial charge in [-0.05, 0) is 23.6 Å². The van der Waals surface area contributed by atoms with Crippen molar-refractivity contribution < 1.29 is 57.6 Å². The van der Waals surface area contributed by atoms with Crippen LogP contribution in [0.15, 0.2) is 60.7 Å². The molecule has 0 unspecified atom stereocenters. The van der Waals surface area contributed by atoms with E-state index < -0.39 is 93.4 Å². The van der Waals surface area contributed by atoms with Crippen molar-refractivity contribution >= 4 is 23.4 Å². The summed E-state index contributed by atoms with van der Waals surface area (Å²) in [6.07, 6.45) is 0. The van der Waals surface area contributed by atoms with Crippen LogP contribution in [0.4, 0.5) is 48.3 Å². The smallest absolute Gasteiger partial charge is 0.521 e. The largest absolute Gasteiger partial charge is 0.636 e. The van der Waals surface area contributed by atoms with E-state index in [4.69, 9.17) is 9.31 Å². The standard InChI is InChI=1S/C28H10BF11O2/c30-12-8-9-16(14(31)10-12)42-29(41-15-7-3-5-11-4-1-2-6-13(11)15)19-17(20(32)24(36)27(39)23(19)35)18-21(33)25(37)28(40)26(38)22(18)34/h1-10H. The molecule has 0 aliphatic rings. The van der Waals surface area contributed by atoms with E-state index >= 15 is 8.78 Å². The Hall–Kier alpha value is -4.75. The Kier molecular flexibility index (Phi) is 7.48. The van der Waals surface area contributed by atoms with Crippen LogP contribution in [0.2, 0.25) is 0 Å². The van der Waals surface area contributed by atoms with E-state index in [2.05, 4.69) is 0 Å². The van der Waals surface area contributed by atoms with E-state index in [0.717, 1.165) is 0 Å². The molecule has 0 N–H and O–H groups in total. The molecule has 0 aliphatic heterocycles. The first-order chi connectivity index (χ1) is 19.9. The Labute approximate surface area is 228 Å². The van der Waals surface area contributed by atoms with Gasteiger partial charge in [0.15, 0.2) is 52.4 Å². The minimum absolute atomic E-state index is 0.217. The molecular formula is C28H10BF11O2. The lowest BCUT2D eigenvalue weighted by atomic mass is 9.72. The first-order valence-corrected chi connectivity index (χ1v) is 11.6. The third-order valence-electron chi connectivity index (χ3n) is 6.11. The van der Waals surface area contributed by atoms with Crippen LogP contribution in [0.25, 0.3) is 21.9 Å². The first-order valence-electron chi connectivity index (χ1n) is 11.6. The summed E-state index contributed by atoms with van der Waals surface area (Å²) in [6.45, 7) is 0. The normalized spacial score (nSPS) is 11.2. The van der Waals surface area contributed by atoms with Crippen molar-refractivity contribution in [3.63, 3.8) is 0 Å². The van der Waals surface area contributed by atoms with Crippen LogP contribution < -0.4 is 14.8 Å². The molecular weight excluding hydrogens is 588 g/mol. The fraction of sp³-hybridized carbons (Fsp3) is 0. The highest BCUT2D eigenvalue weighted by molar-refractivity contribution is 6.64. The van der Waals surface area contributed by atoms with E-state index in [1.165, 1.54) is 24.3 Å². The van der Waals surface area contributed by atoms with E-state index in [1.54, 1.807) is 18.2 Å². The third kappa shape index (κ3) is 4.76. The van der Waals surface area contributed by atoms with E-state index in [-0.39, 0.29) is 17.2 Å². The molecule has 0 saturated carbocycles. The lowest BCUT2D eigenvalue weighted by molar-refractivity contribution is 0.379. The molecule has 0 amide bonds. The molecule has 0 fully saturated rings. The Bertz CT molecular complexity index is 1850. The zero-order valence-electron chi connectivity index (χ0n) is 20.3. The highest BCUT2D eigenvalue weighted by Gasteiger charge is 2.42. The molecule has 0 spiro atoms. The molecule has 5 rings (SSSR count). The summed E-state index contributed by atoms with van der Waals surface area (Å²) in [5, 5.41) is 0.674. The van der Waals surface area contributed by atoms with Crippen molar-refractivity contribution in [2.24, 2.45) is 0 Å². The molecule has 5 aromatic carbocycles. The van der Waals surface area contributed by atoms with Crippen molar-refractivity contribution in [1.29, 1.82) is 0 Å². The van der Waals surface area contributed by atoms with Gasteiger partial charge in [-0.25, -0.2) is 48.3 Å². The molecule has 0 bridgehead atoms. The number of hydrogen-bond donors (Lipinski definition) is 0. The van der Waals surface area contributed by atoms with Crippen molar-refractivity contribution in [2.75, 3.05) is 0 Å². The minimum Gasteiger partial charge on any atom is -0.521 e. The van der Waals surface area contributed by atoms with Gasteiger partial charge in [-0.3, -0.25) is 0 Å². The molecule has 214 valence electrons. The summed E-state index contributed by atoms with van der Waals surface area (Å²) in [5.74, 6) is -27.6. The van der Waals surface area contributed by atoms with Crippen LogP contribution >= 0.6 is 0 Å². The quantitative estimate of drug-likeness (QED) is 0.0857. The predicted octanol–water partition coefficient (Wildman–Crippen LogP) is 7.89. The van der Waals surface area contributed by atoms with Crippen molar-refractivity contribution in [3.8, 4) is 22.6 Å². The van der Waals surface area contributed by atoms with Gasteiger partial charge in [0.25, 0.3) is 0 Å². The average Bonchev–Trinajstić information content (AvgIpc) is 2.98. The molecule has 0 aromatic heterocycles. The first kappa shape index (κ1) is 28.8. The Balaban J connectivity index is 1.85. The maximum Gasteiger partial charge on any atom is 0.636 e. The van der Waals surface area contributed by atoms with Crippen molar-refractivity contribution in [2.45, 2.75) is 0 Å². The van der Waals surface area contributed by atoms with Crippen molar-refractivity contribution in [1.82, 2.24) is 0 Å². The Morgan fingerprint density at radius 3 is 1.62 bits per heavy atom. The second kappa shape index (κ2) is 10.9. The molecule has 5 aromatic rings. The number of rotatable bonds is 6. The summed E-state index contributed by atoms with van der Waals surface area (Å²) < 4.78 is 170. The van der Waals surface area contributed by atoms with Gasteiger partial charge in [-0.2, -0.15) is 0 Å². The number of hydrogen-bond acceptors (Lipinski definition) is 2. The fourth-order valence-corrected chi connectivity index (χ4v) is 4.18. The van der Waals surface area contributed by atoms with Gasteiger partial charge in [0.05, 0.1) is 11.0 Å². The molecule has 0 aliphatic carbocycles. The van der Waals surface area contributed by atoms with Gasteiger partial charge in [0, 0.05) is 17.0 Å². The molecule has 2 nitrogen and oxygen atoms in total. The maximum absolute atomic E-state index is 15.5. The zero-order chi connectivity index (χ0) is 30.5. The second-order valence-electron chi connectivity index (χ2n) is 8.61. The summed E-state index contributed by atoms with van der Waals surface area (Å²) in [6, 6.07) is 11.8. The summed E-state index contributed by atoms with van der Waals surface area (Å²) in [5.41, 5.74) is -5.98. The Morgan fingerprint density at radius 1 is 0.452 bits per heavy atom. The molecule has 0 radical (unpaired) electrons. The predicted molar refractivity (Wildman–Crippen MR) is 128 cm³/mol. The second-order valence-corrected chi connectivity index (χ2v) is 8.61. The monoisotopic (exact) mass is 598 g/mol. The topological polar surface area (TPSA) is 18.5 Å². The lowest BCUT2D eigenvalue weighted by Crippen LogP contribution is -2.47. The van der Waals surface area contributed by atoms with Crippen LogP contribution in [0.1, 0.15) is 0 Å². The van der Waals surface area contributed by atoms with Gasteiger partial charge in [-0.15, -0.1) is 0 Å². The number of fused-ring (bicyclic) bond motifs is 1. The van der Waals surface area contributed by atoms with Crippen LogP contribution in [0, 0.1) is 64.0 Å². The molecule has 42 heavy (non-hydrogen) atoms. The van der Waals surface area contributed by atoms with Gasteiger partial charge in [-0.1, -0.05) is 36.4 Å². The van der Waals surface area contributed by atoms with Crippen LogP contribution in [-0.2, 0) is 0 Å². The fourth-order valence-electron chi connectivity index (χ4n) is 4.18. The molecule has 14 heteroatoms. The zero-order valence-corrected chi connectivity index (χ0v) is 20.3. The summed E-state index contributed by atoms with van der Waals surface area (Å²) >= 11 is 0. The van der Waals surface area contributed by atoms with Gasteiger partial charge < -0.3 is 9.31 Å². The number of benzene rings is 5. The van der Waals surface area contributed by atoms with E-state index in [1.807, 2.05) is 0 Å². The van der Waals surface area contributed by atoms with Crippen LogP contribution in [0.3, 0.4) is 0 Å². The van der Waals surface area contributed by atoms with Gasteiger partial charge in [0.2, 0.25) is 5.82 Å². The maximum atomic E-state index is 15.5. The highest BCUT2D eigenvalue weighted by Crippen LogP contribution is 2.36. The van der Waals surface area contributed by atoms with E-state index in [0.29, 0.717) is 17.5 Å². The molecule has 0 saturated heterocycles. The Morgan fingerprint density at radius 2 is 0.976 bits per heavy atom. The molecule has 0 heterocycles. The minimum atomic E-state index is -2.72. The summed E-state index contributed by atoms with van der Waals surface area (Å²) in [7, 11) is -2.72. The SMILES string of the molecule is Fc1ccc(OB(Oc2cccc3ccccc23)c2c(F)c(F)c(F)c(F)c2-c2c(F)c(F)c(F)c(F)c2F)c(F)c1. The van der Waals surface area contributed by atoms with Crippen molar-refractivity contribution in [3.05, 3.63) is 125 Å². The van der Waals surface area contributed by atoms with Gasteiger partial charge in [0.1, 0.15) is 17.3 Å². The lowest BCUT2D eigenvalue weighted by Gasteiger charge is -2.22. The summed E-state index contributed by atoms with van der Waals surface area (Å²) in [4.78, 5) is 0. The van der Waals surface area contributed by atoms with E-state index in [9.17, 15) is 39.5 Å². The van der Waals surface area contributed by atoms with Gasteiger partial charge >= 0.3 is 7.12 Å².